The van der Waals surface area contributed by atoms with E-state index in [1.54, 1.807) is 4.90 Å². The predicted octanol–water partition coefficient (Wildman–Crippen LogP) is 3.55. The lowest BCUT2D eigenvalue weighted by Crippen LogP contribution is -2.49. The number of hydrogen-bond acceptors (Lipinski definition) is 4. The largest absolute Gasteiger partial charge is 0.494 e. The second kappa shape index (κ2) is 11.2. The molecule has 0 aliphatic carbocycles. The number of nitrogens with one attached hydrogen (secondary N) is 1. The third-order valence-electron chi connectivity index (χ3n) is 5.06. The highest BCUT2D eigenvalue weighted by Gasteiger charge is 2.31. The maximum atomic E-state index is 13.1. The van der Waals surface area contributed by atoms with Gasteiger partial charge in [0.1, 0.15) is 17.5 Å². The van der Waals surface area contributed by atoms with Gasteiger partial charge in [0, 0.05) is 13.1 Å². The summed E-state index contributed by atoms with van der Waals surface area (Å²) in [6.45, 7) is 3.63. The number of hydrogen-bond donors (Lipinski definition) is 1. The van der Waals surface area contributed by atoms with E-state index >= 15 is 0 Å². The molecule has 6 nitrogen and oxygen atoms in total. The molecule has 1 aliphatic rings. The highest BCUT2D eigenvalue weighted by molar-refractivity contribution is 5.88. The topological polar surface area (TPSA) is 67.9 Å². The number of carbonyl (C=O) groups is 2. The highest BCUT2D eigenvalue weighted by atomic mass is 16.5. The monoisotopic (exact) mass is 410 g/mol. The van der Waals surface area contributed by atoms with Crippen LogP contribution in [-0.4, -0.2) is 42.5 Å². The molecule has 6 heteroatoms. The lowest BCUT2D eigenvalue weighted by Gasteiger charge is -2.30. The van der Waals surface area contributed by atoms with Gasteiger partial charge in [-0.05, 0) is 55.5 Å². The van der Waals surface area contributed by atoms with Crippen molar-refractivity contribution in [2.75, 3.05) is 19.8 Å². The van der Waals surface area contributed by atoms with Crippen LogP contribution in [0.15, 0.2) is 54.6 Å². The van der Waals surface area contributed by atoms with E-state index in [-0.39, 0.29) is 18.4 Å². The standard InChI is InChI=1S/C24H30N2O4/c1-2-16-29-21-13-11-19(12-14-21)17-26(22-10-6-7-15-25-24(22)28)23(27)18-30-20-8-4-3-5-9-20/h3-5,8-9,11-14,22H,2,6-7,10,15-18H2,1H3,(H,25,28). The number of rotatable bonds is 9. The first-order chi connectivity index (χ1) is 14.7. The van der Waals surface area contributed by atoms with Gasteiger partial charge in [0.25, 0.3) is 5.91 Å². The molecule has 30 heavy (non-hydrogen) atoms. The smallest absolute Gasteiger partial charge is 0.261 e. The summed E-state index contributed by atoms with van der Waals surface area (Å²) in [7, 11) is 0. The van der Waals surface area contributed by atoms with Gasteiger partial charge in [-0.3, -0.25) is 9.59 Å². The fourth-order valence-corrected chi connectivity index (χ4v) is 3.45. The molecule has 2 amide bonds. The summed E-state index contributed by atoms with van der Waals surface area (Å²) in [5, 5.41) is 2.93. The molecular weight excluding hydrogens is 380 g/mol. The molecular formula is C24H30N2O4. The third-order valence-corrected chi connectivity index (χ3v) is 5.06. The molecule has 0 radical (unpaired) electrons. The van der Waals surface area contributed by atoms with Gasteiger partial charge in [0.05, 0.1) is 6.61 Å². The minimum Gasteiger partial charge on any atom is -0.494 e. The minimum atomic E-state index is -0.490. The molecule has 1 unspecified atom stereocenters. The van der Waals surface area contributed by atoms with Crippen LogP contribution in [0.5, 0.6) is 11.5 Å². The van der Waals surface area contributed by atoms with E-state index in [4.69, 9.17) is 9.47 Å². The fraction of sp³-hybridized carbons (Fsp3) is 0.417. The Hall–Kier alpha value is -3.02. The molecule has 2 aromatic rings. The van der Waals surface area contributed by atoms with E-state index in [1.165, 1.54) is 0 Å². The van der Waals surface area contributed by atoms with E-state index in [9.17, 15) is 9.59 Å². The normalized spacial score (nSPS) is 16.3. The van der Waals surface area contributed by atoms with Crippen LogP contribution in [0, 0.1) is 0 Å². The van der Waals surface area contributed by atoms with Gasteiger partial charge < -0.3 is 19.7 Å². The van der Waals surface area contributed by atoms with Crippen LogP contribution >= 0.6 is 0 Å². The van der Waals surface area contributed by atoms with Crippen LogP contribution in [0.2, 0.25) is 0 Å². The van der Waals surface area contributed by atoms with E-state index in [0.29, 0.717) is 31.9 Å². The summed E-state index contributed by atoms with van der Waals surface area (Å²) in [6, 6.07) is 16.4. The Morgan fingerprint density at radius 2 is 1.77 bits per heavy atom. The van der Waals surface area contributed by atoms with Gasteiger partial charge in [-0.2, -0.15) is 0 Å². The first kappa shape index (κ1) is 21.7. The minimum absolute atomic E-state index is 0.0940. The van der Waals surface area contributed by atoms with Gasteiger partial charge in [-0.1, -0.05) is 37.3 Å². The lowest BCUT2D eigenvalue weighted by molar-refractivity contribution is -0.142. The van der Waals surface area contributed by atoms with E-state index in [0.717, 1.165) is 30.6 Å². The Labute approximate surface area is 178 Å². The highest BCUT2D eigenvalue weighted by Crippen LogP contribution is 2.19. The molecule has 0 spiro atoms. The first-order valence-electron chi connectivity index (χ1n) is 10.6. The zero-order valence-electron chi connectivity index (χ0n) is 17.5. The second-order valence-electron chi connectivity index (χ2n) is 7.42. The summed E-state index contributed by atoms with van der Waals surface area (Å²) in [6.07, 6.45) is 3.42. The number of benzene rings is 2. The Bertz CT molecular complexity index is 808. The third kappa shape index (κ3) is 6.24. The van der Waals surface area contributed by atoms with Crippen LogP contribution in [-0.2, 0) is 16.1 Å². The van der Waals surface area contributed by atoms with E-state index in [1.807, 2.05) is 54.6 Å². The molecule has 3 rings (SSSR count). The summed E-state index contributed by atoms with van der Waals surface area (Å²) in [4.78, 5) is 27.4. The molecule has 1 fully saturated rings. The first-order valence-corrected chi connectivity index (χ1v) is 10.6. The number of para-hydroxylation sites is 1. The average Bonchev–Trinajstić information content (AvgIpc) is 3.00. The molecule has 1 saturated heterocycles. The zero-order valence-corrected chi connectivity index (χ0v) is 17.5. The van der Waals surface area contributed by atoms with Crippen molar-refractivity contribution in [2.45, 2.75) is 45.2 Å². The van der Waals surface area contributed by atoms with Crippen molar-refractivity contribution in [2.24, 2.45) is 0 Å². The van der Waals surface area contributed by atoms with Crippen molar-refractivity contribution in [1.29, 1.82) is 0 Å². The van der Waals surface area contributed by atoms with Crippen molar-refractivity contribution >= 4 is 11.8 Å². The summed E-state index contributed by atoms with van der Waals surface area (Å²) >= 11 is 0. The van der Waals surface area contributed by atoms with Crippen LogP contribution in [0.1, 0.15) is 38.2 Å². The fourth-order valence-electron chi connectivity index (χ4n) is 3.45. The van der Waals surface area contributed by atoms with Crippen LogP contribution in [0.3, 0.4) is 0 Å². The van der Waals surface area contributed by atoms with E-state index < -0.39 is 6.04 Å². The van der Waals surface area contributed by atoms with Crippen LogP contribution < -0.4 is 14.8 Å². The molecule has 1 N–H and O–H groups in total. The maximum absolute atomic E-state index is 13.1. The lowest BCUT2D eigenvalue weighted by atomic mass is 10.1. The number of nitrogens with zero attached hydrogens (tertiary/aromatic N) is 1. The summed E-state index contributed by atoms with van der Waals surface area (Å²) < 4.78 is 11.3. The Morgan fingerprint density at radius 3 is 2.50 bits per heavy atom. The van der Waals surface area contributed by atoms with Gasteiger partial charge in [-0.15, -0.1) is 0 Å². The maximum Gasteiger partial charge on any atom is 0.261 e. The van der Waals surface area contributed by atoms with Crippen molar-refractivity contribution in [1.82, 2.24) is 10.2 Å². The zero-order chi connectivity index (χ0) is 21.2. The number of ether oxygens (including phenoxy) is 2. The van der Waals surface area contributed by atoms with E-state index in [2.05, 4.69) is 12.2 Å². The van der Waals surface area contributed by atoms with Crippen LogP contribution in [0.4, 0.5) is 0 Å². The Kier molecular flexibility index (Phi) is 8.12. The number of carbonyl (C=O) groups excluding carboxylic acids is 2. The van der Waals surface area contributed by atoms with Gasteiger partial charge in [0.2, 0.25) is 5.91 Å². The molecule has 0 saturated carbocycles. The Morgan fingerprint density at radius 1 is 1.03 bits per heavy atom. The van der Waals surface area contributed by atoms with Crippen LogP contribution in [0.25, 0.3) is 0 Å². The summed E-state index contributed by atoms with van der Waals surface area (Å²) in [5.41, 5.74) is 0.948. The molecule has 1 atom stereocenters. The predicted molar refractivity (Wildman–Crippen MR) is 115 cm³/mol. The van der Waals surface area contributed by atoms with Gasteiger partial charge in [0.15, 0.2) is 6.61 Å². The molecule has 0 bridgehead atoms. The Balaban J connectivity index is 1.72. The van der Waals surface area contributed by atoms with Gasteiger partial charge in [-0.25, -0.2) is 0 Å². The molecule has 2 aromatic carbocycles. The molecule has 1 heterocycles. The molecule has 0 aromatic heterocycles. The van der Waals surface area contributed by atoms with Crippen molar-refractivity contribution in [3.63, 3.8) is 0 Å². The summed E-state index contributed by atoms with van der Waals surface area (Å²) in [5.74, 6) is 1.14. The van der Waals surface area contributed by atoms with Gasteiger partial charge >= 0.3 is 0 Å². The molecule has 1 aliphatic heterocycles. The quantitative estimate of drug-likeness (QED) is 0.687. The van der Waals surface area contributed by atoms with Crippen molar-refractivity contribution < 1.29 is 19.1 Å². The van der Waals surface area contributed by atoms with Crippen molar-refractivity contribution in [3.05, 3.63) is 60.2 Å². The van der Waals surface area contributed by atoms with Crippen molar-refractivity contribution in [3.8, 4) is 11.5 Å². The SMILES string of the molecule is CCCOc1ccc(CN(C(=O)COc2ccccc2)C2CCCCNC2=O)cc1. The second-order valence-corrected chi connectivity index (χ2v) is 7.42. The average molecular weight is 411 g/mol. The number of amides is 2. The molecule has 160 valence electrons.